The zero-order chi connectivity index (χ0) is 9.26. The summed E-state index contributed by atoms with van der Waals surface area (Å²) in [6.07, 6.45) is 1.54. The summed E-state index contributed by atoms with van der Waals surface area (Å²) >= 11 is 1.52. The molecule has 0 atom stereocenters. The van der Waals surface area contributed by atoms with Crippen LogP contribution in [0.15, 0.2) is 16.1 Å². The summed E-state index contributed by atoms with van der Waals surface area (Å²) in [5.41, 5.74) is 1.01. The van der Waals surface area contributed by atoms with Crippen molar-refractivity contribution in [3.8, 4) is 0 Å². The number of fused-ring (bicyclic) bond motifs is 1. The summed E-state index contributed by atoms with van der Waals surface area (Å²) < 4.78 is 0. The number of H-pyrrole nitrogens is 2. The quantitative estimate of drug-likeness (QED) is 0.549. The van der Waals surface area contributed by atoms with Gasteiger partial charge in [0.1, 0.15) is 10.5 Å². The molecule has 2 N–H and O–H groups in total. The van der Waals surface area contributed by atoms with Crippen LogP contribution in [0.1, 0.15) is 6.92 Å². The number of thioether (sulfide) groups is 1. The number of hydrogen-bond acceptors (Lipinski definition) is 4. The van der Waals surface area contributed by atoms with E-state index >= 15 is 0 Å². The molecule has 2 heterocycles. The molecule has 2 aromatic rings. The standard InChI is InChI=1S/C7H8N4OS/c1-2-13-6-4-5(9-3-8-4)10-7(12)11-6/h3H,2H2,1H3,(H2,8,9,10,11,12). The molecule has 0 unspecified atom stereocenters. The van der Waals surface area contributed by atoms with E-state index in [0.717, 1.165) is 11.3 Å². The summed E-state index contributed by atoms with van der Waals surface area (Å²) in [5, 5.41) is 0.707. The molecular formula is C7H8N4OS. The molecule has 0 saturated heterocycles. The van der Waals surface area contributed by atoms with Gasteiger partial charge in [0.15, 0.2) is 5.65 Å². The second-order valence-electron chi connectivity index (χ2n) is 2.41. The van der Waals surface area contributed by atoms with E-state index in [-0.39, 0.29) is 5.69 Å². The molecule has 0 aliphatic rings. The SMILES string of the molecule is CCSc1nc(=O)[nH]c2nc[nH]c12. The van der Waals surface area contributed by atoms with E-state index in [9.17, 15) is 4.79 Å². The maximum Gasteiger partial charge on any atom is 0.347 e. The zero-order valence-electron chi connectivity index (χ0n) is 7.00. The smallest absolute Gasteiger partial charge is 0.341 e. The molecular weight excluding hydrogens is 188 g/mol. The Hall–Kier alpha value is -1.30. The van der Waals surface area contributed by atoms with Gasteiger partial charge in [-0.1, -0.05) is 6.92 Å². The third-order valence-electron chi connectivity index (χ3n) is 1.56. The molecule has 0 aliphatic heterocycles. The van der Waals surface area contributed by atoms with Crippen molar-refractivity contribution in [1.82, 2.24) is 19.9 Å². The van der Waals surface area contributed by atoms with Crippen LogP contribution in [-0.4, -0.2) is 25.7 Å². The predicted octanol–water partition coefficient (Wildman–Crippen LogP) is 0.758. The van der Waals surface area contributed by atoms with Gasteiger partial charge in [0.25, 0.3) is 0 Å². The Morgan fingerprint density at radius 2 is 2.46 bits per heavy atom. The summed E-state index contributed by atoms with van der Waals surface area (Å²) in [5.74, 6) is 0.880. The van der Waals surface area contributed by atoms with E-state index < -0.39 is 0 Å². The Labute approximate surface area is 78.0 Å². The zero-order valence-corrected chi connectivity index (χ0v) is 7.81. The van der Waals surface area contributed by atoms with Gasteiger partial charge in [-0.3, -0.25) is 4.98 Å². The lowest BCUT2D eigenvalue weighted by atomic mass is 10.6. The van der Waals surface area contributed by atoms with Crippen LogP contribution >= 0.6 is 11.8 Å². The van der Waals surface area contributed by atoms with Gasteiger partial charge >= 0.3 is 5.69 Å². The van der Waals surface area contributed by atoms with Gasteiger partial charge in [0.05, 0.1) is 6.33 Å². The van der Waals surface area contributed by atoms with Gasteiger partial charge < -0.3 is 4.98 Å². The lowest BCUT2D eigenvalue weighted by Gasteiger charge is -1.96. The van der Waals surface area contributed by atoms with Crippen molar-refractivity contribution in [3.05, 3.63) is 16.8 Å². The van der Waals surface area contributed by atoms with Crippen LogP contribution in [0.5, 0.6) is 0 Å². The van der Waals surface area contributed by atoms with Gasteiger partial charge in [-0.2, -0.15) is 4.98 Å². The summed E-state index contributed by atoms with van der Waals surface area (Å²) in [6.45, 7) is 2.01. The van der Waals surface area contributed by atoms with E-state index in [4.69, 9.17) is 0 Å². The number of rotatable bonds is 2. The molecule has 0 saturated carbocycles. The molecule has 68 valence electrons. The van der Waals surface area contributed by atoms with Crippen LogP contribution in [-0.2, 0) is 0 Å². The van der Waals surface area contributed by atoms with Crippen molar-refractivity contribution in [2.75, 3.05) is 5.75 Å². The highest BCUT2D eigenvalue weighted by atomic mass is 32.2. The Morgan fingerprint density at radius 1 is 1.62 bits per heavy atom. The first-order chi connectivity index (χ1) is 6.31. The van der Waals surface area contributed by atoms with E-state index in [1.807, 2.05) is 6.92 Å². The van der Waals surface area contributed by atoms with Gasteiger partial charge in [0.2, 0.25) is 0 Å². The third-order valence-corrected chi connectivity index (χ3v) is 2.42. The van der Waals surface area contributed by atoms with Crippen molar-refractivity contribution in [3.63, 3.8) is 0 Å². The number of nitrogens with one attached hydrogen (secondary N) is 2. The third kappa shape index (κ3) is 1.44. The Bertz CT molecular complexity index is 475. The molecule has 5 nitrogen and oxygen atoms in total. The van der Waals surface area contributed by atoms with E-state index in [0.29, 0.717) is 10.7 Å². The molecule has 0 radical (unpaired) electrons. The molecule has 0 bridgehead atoms. The van der Waals surface area contributed by atoms with Gasteiger partial charge in [0, 0.05) is 0 Å². The van der Waals surface area contributed by atoms with Gasteiger partial charge in [-0.05, 0) is 5.75 Å². The molecule has 0 spiro atoms. The normalized spacial score (nSPS) is 10.8. The number of nitrogens with zero attached hydrogens (tertiary/aromatic N) is 2. The minimum atomic E-state index is -0.351. The number of imidazole rings is 1. The number of hydrogen-bond donors (Lipinski definition) is 2. The Balaban J connectivity index is 2.70. The molecule has 2 aromatic heterocycles. The van der Waals surface area contributed by atoms with Crippen LogP contribution in [0.25, 0.3) is 11.2 Å². The molecule has 0 aliphatic carbocycles. The van der Waals surface area contributed by atoms with E-state index in [1.54, 1.807) is 6.33 Å². The molecule has 0 aromatic carbocycles. The minimum Gasteiger partial charge on any atom is -0.341 e. The van der Waals surface area contributed by atoms with E-state index in [2.05, 4.69) is 19.9 Å². The highest BCUT2D eigenvalue weighted by Gasteiger charge is 2.05. The molecule has 0 fully saturated rings. The Kier molecular flexibility index (Phi) is 2.05. The first kappa shape index (κ1) is 8.31. The average Bonchev–Trinajstić information content (AvgIpc) is 2.52. The van der Waals surface area contributed by atoms with Crippen molar-refractivity contribution in [2.45, 2.75) is 11.9 Å². The largest absolute Gasteiger partial charge is 0.347 e. The fraction of sp³-hybridized carbons (Fsp3) is 0.286. The van der Waals surface area contributed by atoms with Gasteiger partial charge in [-0.25, -0.2) is 9.78 Å². The molecule has 0 amide bonds. The minimum absolute atomic E-state index is 0.351. The van der Waals surface area contributed by atoms with Gasteiger partial charge in [-0.15, -0.1) is 11.8 Å². The molecule has 2 rings (SSSR count). The fourth-order valence-corrected chi connectivity index (χ4v) is 1.79. The van der Waals surface area contributed by atoms with Crippen molar-refractivity contribution >= 4 is 22.9 Å². The maximum atomic E-state index is 11.0. The number of aromatic amines is 2. The average molecular weight is 196 g/mol. The first-order valence-corrected chi connectivity index (χ1v) is 4.86. The van der Waals surface area contributed by atoms with Crippen LogP contribution in [0.3, 0.4) is 0 Å². The fourth-order valence-electron chi connectivity index (χ4n) is 1.07. The molecule has 6 heteroatoms. The topological polar surface area (TPSA) is 74.4 Å². The van der Waals surface area contributed by atoms with Crippen LogP contribution in [0, 0.1) is 0 Å². The molecule has 13 heavy (non-hydrogen) atoms. The maximum absolute atomic E-state index is 11.0. The monoisotopic (exact) mass is 196 g/mol. The first-order valence-electron chi connectivity index (χ1n) is 3.87. The Morgan fingerprint density at radius 3 is 3.23 bits per heavy atom. The second kappa shape index (κ2) is 3.21. The second-order valence-corrected chi connectivity index (χ2v) is 3.66. The van der Waals surface area contributed by atoms with Crippen LogP contribution < -0.4 is 5.69 Å². The summed E-state index contributed by atoms with van der Waals surface area (Å²) in [7, 11) is 0. The number of aromatic nitrogens is 4. The lowest BCUT2D eigenvalue weighted by Crippen LogP contribution is -2.10. The van der Waals surface area contributed by atoms with E-state index in [1.165, 1.54) is 11.8 Å². The summed E-state index contributed by atoms with van der Waals surface area (Å²) in [4.78, 5) is 24.3. The van der Waals surface area contributed by atoms with Crippen LogP contribution in [0.4, 0.5) is 0 Å². The summed E-state index contributed by atoms with van der Waals surface area (Å²) in [6, 6.07) is 0. The highest BCUT2D eigenvalue weighted by Crippen LogP contribution is 2.19. The van der Waals surface area contributed by atoms with Crippen molar-refractivity contribution in [2.24, 2.45) is 0 Å². The van der Waals surface area contributed by atoms with Crippen LogP contribution in [0.2, 0.25) is 0 Å². The van der Waals surface area contributed by atoms with Crippen molar-refractivity contribution < 1.29 is 0 Å². The van der Waals surface area contributed by atoms with Crippen molar-refractivity contribution in [1.29, 1.82) is 0 Å². The predicted molar refractivity (Wildman–Crippen MR) is 50.9 cm³/mol. The highest BCUT2D eigenvalue weighted by molar-refractivity contribution is 7.99. The lowest BCUT2D eigenvalue weighted by molar-refractivity contribution is 1.01.